The molecular formula is C12H20N2OS. The lowest BCUT2D eigenvalue weighted by Gasteiger charge is -2.21. The van der Waals surface area contributed by atoms with E-state index in [0.717, 1.165) is 25.9 Å². The highest BCUT2D eigenvalue weighted by Gasteiger charge is 2.20. The van der Waals surface area contributed by atoms with E-state index in [4.69, 9.17) is 10.1 Å². The lowest BCUT2D eigenvalue weighted by molar-refractivity contribution is 0.288. The zero-order valence-electron chi connectivity index (χ0n) is 9.83. The van der Waals surface area contributed by atoms with Crippen molar-refractivity contribution in [3.05, 3.63) is 15.6 Å². The van der Waals surface area contributed by atoms with E-state index in [2.05, 4.69) is 12.2 Å². The fourth-order valence-electron chi connectivity index (χ4n) is 2.28. The monoisotopic (exact) mass is 240 g/mol. The maximum absolute atomic E-state index is 8.82. The van der Waals surface area contributed by atoms with Crippen LogP contribution >= 0.6 is 11.3 Å². The summed E-state index contributed by atoms with van der Waals surface area (Å²) < 4.78 is 0. The Balaban J connectivity index is 2.04. The molecule has 2 N–H and O–H groups in total. The molecule has 3 nitrogen and oxygen atoms in total. The van der Waals surface area contributed by atoms with Gasteiger partial charge in [0.05, 0.1) is 10.7 Å². The van der Waals surface area contributed by atoms with Gasteiger partial charge in [-0.2, -0.15) is 0 Å². The van der Waals surface area contributed by atoms with Crippen molar-refractivity contribution in [3.8, 4) is 0 Å². The standard InChI is InChI=1S/C12H20N2OS/c1-9-12(10-4-6-13-7-5-10)14-11(16-9)3-2-8-15/h10,13,15H,2-8H2,1H3. The van der Waals surface area contributed by atoms with Crippen LogP contribution < -0.4 is 5.32 Å². The number of aliphatic hydroxyl groups is 1. The first-order chi connectivity index (χ1) is 7.81. The van der Waals surface area contributed by atoms with Gasteiger partial charge < -0.3 is 10.4 Å². The van der Waals surface area contributed by atoms with Crippen LogP contribution in [0.4, 0.5) is 0 Å². The van der Waals surface area contributed by atoms with Gasteiger partial charge in [0.25, 0.3) is 0 Å². The number of nitrogens with one attached hydrogen (secondary N) is 1. The fourth-order valence-corrected chi connectivity index (χ4v) is 3.34. The maximum atomic E-state index is 8.82. The van der Waals surface area contributed by atoms with Crippen LogP contribution in [0.3, 0.4) is 0 Å². The van der Waals surface area contributed by atoms with Gasteiger partial charge in [-0.15, -0.1) is 11.3 Å². The number of aromatic nitrogens is 1. The molecule has 1 aliphatic heterocycles. The van der Waals surface area contributed by atoms with Crippen LogP contribution in [0.1, 0.15) is 40.8 Å². The van der Waals surface area contributed by atoms with Crippen molar-refractivity contribution in [2.24, 2.45) is 0 Å². The summed E-state index contributed by atoms with van der Waals surface area (Å²) in [6.07, 6.45) is 4.18. The van der Waals surface area contributed by atoms with E-state index in [1.54, 1.807) is 11.3 Å². The summed E-state index contributed by atoms with van der Waals surface area (Å²) in [5.74, 6) is 0.653. The third-order valence-electron chi connectivity index (χ3n) is 3.15. The number of aliphatic hydroxyl groups excluding tert-OH is 1. The van der Waals surface area contributed by atoms with Crippen molar-refractivity contribution in [2.45, 2.75) is 38.5 Å². The summed E-state index contributed by atoms with van der Waals surface area (Å²) in [6, 6.07) is 0. The number of hydrogen-bond donors (Lipinski definition) is 2. The SMILES string of the molecule is Cc1sc(CCCO)nc1C1CCNCC1. The topological polar surface area (TPSA) is 45.2 Å². The van der Waals surface area contributed by atoms with Gasteiger partial charge in [0.1, 0.15) is 0 Å². The second kappa shape index (κ2) is 5.75. The van der Waals surface area contributed by atoms with Gasteiger partial charge in [-0.05, 0) is 39.3 Å². The lowest BCUT2D eigenvalue weighted by Crippen LogP contribution is -2.27. The van der Waals surface area contributed by atoms with Gasteiger partial charge in [0, 0.05) is 23.8 Å². The first-order valence-electron chi connectivity index (χ1n) is 6.09. The molecule has 1 saturated heterocycles. The fraction of sp³-hybridized carbons (Fsp3) is 0.750. The molecule has 1 aliphatic rings. The van der Waals surface area contributed by atoms with Gasteiger partial charge in [-0.1, -0.05) is 0 Å². The smallest absolute Gasteiger partial charge is 0.0932 e. The van der Waals surface area contributed by atoms with Crippen LogP contribution in [0.25, 0.3) is 0 Å². The van der Waals surface area contributed by atoms with Crippen LogP contribution in [0.2, 0.25) is 0 Å². The van der Waals surface area contributed by atoms with Gasteiger partial charge in [-0.3, -0.25) is 0 Å². The molecule has 0 amide bonds. The van der Waals surface area contributed by atoms with E-state index in [-0.39, 0.29) is 6.61 Å². The summed E-state index contributed by atoms with van der Waals surface area (Å²) >= 11 is 1.81. The Bertz CT molecular complexity index is 332. The molecule has 2 heterocycles. The van der Waals surface area contributed by atoms with Gasteiger partial charge >= 0.3 is 0 Å². The average molecular weight is 240 g/mol. The average Bonchev–Trinajstić information content (AvgIpc) is 2.69. The zero-order chi connectivity index (χ0) is 11.4. The van der Waals surface area contributed by atoms with Gasteiger partial charge in [0.15, 0.2) is 0 Å². The van der Waals surface area contributed by atoms with Crippen LogP contribution in [-0.2, 0) is 6.42 Å². The normalized spacial score (nSPS) is 17.9. The van der Waals surface area contributed by atoms with Crippen LogP contribution in [0.15, 0.2) is 0 Å². The summed E-state index contributed by atoms with van der Waals surface area (Å²) in [5.41, 5.74) is 1.32. The second-order valence-corrected chi connectivity index (χ2v) is 5.69. The summed E-state index contributed by atoms with van der Waals surface area (Å²) in [5, 5.41) is 13.4. The van der Waals surface area contributed by atoms with Gasteiger partial charge in [0.2, 0.25) is 0 Å². The Morgan fingerprint density at radius 1 is 1.44 bits per heavy atom. The molecule has 4 heteroatoms. The molecule has 1 aromatic heterocycles. The first-order valence-corrected chi connectivity index (χ1v) is 6.90. The van der Waals surface area contributed by atoms with Crippen molar-refractivity contribution in [2.75, 3.05) is 19.7 Å². The highest BCUT2D eigenvalue weighted by molar-refractivity contribution is 7.11. The van der Waals surface area contributed by atoms with Crippen molar-refractivity contribution in [1.29, 1.82) is 0 Å². The van der Waals surface area contributed by atoms with Crippen molar-refractivity contribution in [3.63, 3.8) is 0 Å². The van der Waals surface area contributed by atoms with E-state index in [1.807, 2.05) is 0 Å². The highest BCUT2D eigenvalue weighted by atomic mass is 32.1. The van der Waals surface area contributed by atoms with Crippen LogP contribution in [0.5, 0.6) is 0 Å². The predicted octanol–water partition coefficient (Wildman–Crippen LogP) is 1.84. The number of rotatable bonds is 4. The molecule has 16 heavy (non-hydrogen) atoms. The minimum atomic E-state index is 0.265. The minimum absolute atomic E-state index is 0.265. The highest BCUT2D eigenvalue weighted by Crippen LogP contribution is 2.30. The zero-order valence-corrected chi connectivity index (χ0v) is 10.6. The van der Waals surface area contributed by atoms with E-state index < -0.39 is 0 Å². The molecule has 0 unspecified atom stereocenters. The van der Waals surface area contributed by atoms with Gasteiger partial charge in [-0.25, -0.2) is 4.98 Å². The van der Waals surface area contributed by atoms with E-state index in [9.17, 15) is 0 Å². The van der Waals surface area contributed by atoms with Crippen LogP contribution in [-0.4, -0.2) is 29.8 Å². The number of thiazole rings is 1. The molecule has 1 fully saturated rings. The first kappa shape index (κ1) is 12.0. The number of aryl methyl sites for hydroxylation is 2. The third kappa shape index (κ3) is 2.81. The molecule has 0 bridgehead atoms. The molecule has 0 aromatic carbocycles. The number of nitrogens with zero attached hydrogens (tertiary/aromatic N) is 1. The Hall–Kier alpha value is -0.450. The Morgan fingerprint density at radius 3 is 2.88 bits per heavy atom. The second-order valence-electron chi connectivity index (χ2n) is 4.40. The van der Waals surface area contributed by atoms with Crippen molar-refractivity contribution >= 4 is 11.3 Å². The maximum Gasteiger partial charge on any atom is 0.0932 e. The van der Waals surface area contributed by atoms with E-state index in [0.29, 0.717) is 5.92 Å². The summed E-state index contributed by atoms with van der Waals surface area (Å²) in [4.78, 5) is 6.13. The molecule has 2 rings (SSSR count). The molecule has 1 aromatic rings. The quantitative estimate of drug-likeness (QED) is 0.844. The summed E-state index contributed by atoms with van der Waals surface area (Å²) in [6.45, 7) is 4.68. The minimum Gasteiger partial charge on any atom is -0.396 e. The molecule has 0 radical (unpaired) electrons. The number of hydrogen-bond acceptors (Lipinski definition) is 4. The van der Waals surface area contributed by atoms with E-state index in [1.165, 1.54) is 28.4 Å². The Labute approximate surface area is 101 Å². The Morgan fingerprint density at radius 2 is 2.19 bits per heavy atom. The summed E-state index contributed by atoms with van der Waals surface area (Å²) in [7, 11) is 0. The molecule has 0 aliphatic carbocycles. The molecule has 0 atom stereocenters. The largest absolute Gasteiger partial charge is 0.396 e. The third-order valence-corrected chi connectivity index (χ3v) is 4.20. The number of piperidine rings is 1. The van der Waals surface area contributed by atoms with Crippen molar-refractivity contribution < 1.29 is 5.11 Å². The lowest BCUT2D eigenvalue weighted by atomic mass is 9.94. The molecular weight excluding hydrogens is 220 g/mol. The predicted molar refractivity (Wildman–Crippen MR) is 67.1 cm³/mol. The molecule has 0 saturated carbocycles. The van der Waals surface area contributed by atoms with Crippen molar-refractivity contribution in [1.82, 2.24) is 10.3 Å². The molecule has 0 spiro atoms. The Kier molecular flexibility index (Phi) is 4.32. The molecule has 90 valence electrons. The van der Waals surface area contributed by atoms with E-state index >= 15 is 0 Å². The van der Waals surface area contributed by atoms with Crippen LogP contribution in [0, 0.1) is 6.92 Å².